The van der Waals surface area contributed by atoms with E-state index in [1.807, 2.05) is 0 Å². The Bertz CT molecular complexity index is 345. The quantitative estimate of drug-likeness (QED) is 0.673. The number of hydrogen-bond donors (Lipinski definition) is 2. The van der Waals surface area contributed by atoms with Crippen LogP contribution in [0.1, 0.15) is 31.4 Å². The molecule has 0 aliphatic heterocycles. The van der Waals surface area contributed by atoms with Gasteiger partial charge >= 0.3 is 0 Å². The lowest BCUT2D eigenvalue weighted by atomic mass is 10.0. The highest BCUT2D eigenvalue weighted by Crippen LogP contribution is 2.16. The number of rotatable bonds is 8. The van der Waals surface area contributed by atoms with Crippen LogP contribution in [0, 0.1) is 0 Å². The van der Waals surface area contributed by atoms with Crippen molar-refractivity contribution in [2.75, 3.05) is 19.6 Å². The lowest BCUT2D eigenvalue weighted by molar-refractivity contribution is 0.606. The van der Waals surface area contributed by atoms with Gasteiger partial charge in [0.05, 0.1) is 0 Å². The molecule has 0 aromatic heterocycles. The van der Waals surface area contributed by atoms with Crippen LogP contribution in [-0.2, 0) is 6.54 Å². The number of hydrogen-bond acceptors (Lipinski definition) is 2. The van der Waals surface area contributed by atoms with Gasteiger partial charge in [-0.25, -0.2) is 0 Å². The summed E-state index contributed by atoms with van der Waals surface area (Å²) in [4.78, 5) is 0. The molecule has 2 N–H and O–H groups in total. The van der Waals surface area contributed by atoms with Crippen molar-refractivity contribution in [2.24, 2.45) is 0 Å². The molecule has 0 amide bonds. The van der Waals surface area contributed by atoms with E-state index in [1.165, 1.54) is 17.5 Å². The predicted molar refractivity (Wildman–Crippen MR) is 76.0 cm³/mol. The normalized spacial score (nSPS) is 10.5. The van der Waals surface area contributed by atoms with E-state index in [2.05, 4.69) is 55.3 Å². The van der Waals surface area contributed by atoms with Gasteiger partial charge in [-0.3, -0.25) is 0 Å². The number of allylic oxidation sites excluding steroid dienone is 1. The van der Waals surface area contributed by atoms with Gasteiger partial charge in [-0.1, -0.05) is 43.3 Å². The third kappa shape index (κ3) is 5.16. The van der Waals surface area contributed by atoms with E-state index in [4.69, 9.17) is 0 Å². The Balaban J connectivity index is 2.34. The van der Waals surface area contributed by atoms with Gasteiger partial charge in [0.15, 0.2) is 0 Å². The minimum absolute atomic E-state index is 0.914. The fraction of sp³-hybridized carbons (Fsp3) is 0.467. The third-order valence-corrected chi connectivity index (χ3v) is 2.70. The second kappa shape index (κ2) is 8.04. The Morgan fingerprint density at radius 2 is 1.82 bits per heavy atom. The van der Waals surface area contributed by atoms with Crippen LogP contribution < -0.4 is 10.6 Å². The Hall–Kier alpha value is -1.12. The average molecular weight is 232 g/mol. The molecule has 0 atom stereocenters. The maximum atomic E-state index is 4.01. The van der Waals surface area contributed by atoms with Crippen molar-refractivity contribution < 1.29 is 0 Å². The minimum Gasteiger partial charge on any atom is -0.315 e. The van der Waals surface area contributed by atoms with Crippen LogP contribution in [0.5, 0.6) is 0 Å². The van der Waals surface area contributed by atoms with Gasteiger partial charge in [0.25, 0.3) is 0 Å². The van der Waals surface area contributed by atoms with E-state index in [1.54, 1.807) is 0 Å². The maximum absolute atomic E-state index is 4.01. The fourth-order valence-corrected chi connectivity index (χ4v) is 1.79. The molecule has 2 heteroatoms. The first kappa shape index (κ1) is 13.9. The summed E-state index contributed by atoms with van der Waals surface area (Å²) in [6.45, 7) is 12.3. The van der Waals surface area contributed by atoms with Crippen molar-refractivity contribution in [3.63, 3.8) is 0 Å². The summed E-state index contributed by atoms with van der Waals surface area (Å²) in [6.07, 6.45) is 1.19. The zero-order valence-corrected chi connectivity index (χ0v) is 11.1. The highest BCUT2D eigenvalue weighted by molar-refractivity contribution is 5.64. The first-order valence-electron chi connectivity index (χ1n) is 6.41. The SMILES string of the molecule is C=C(C)c1ccccc1CNCCNCCC. The van der Waals surface area contributed by atoms with Gasteiger partial charge in [-0.2, -0.15) is 0 Å². The smallest absolute Gasteiger partial charge is 0.0212 e. The molecule has 0 fully saturated rings. The van der Waals surface area contributed by atoms with Gasteiger partial charge in [-0.15, -0.1) is 0 Å². The Labute approximate surface area is 105 Å². The molecule has 1 aromatic rings. The molecule has 0 bridgehead atoms. The summed E-state index contributed by atoms with van der Waals surface area (Å²) < 4.78 is 0. The van der Waals surface area contributed by atoms with E-state index in [9.17, 15) is 0 Å². The van der Waals surface area contributed by atoms with Crippen LogP contribution in [0.2, 0.25) is 0 Å². The van der Waals surface area contributed by atoms with Gasteiger partial charge in [0.2, 0.25) is 0 Å². The first-order valence-corrected chi connectivity index (χ1v) is 6.41. The van der Waals surface area contributed by atoms with Gasteiger partial charge in [0, 0.05) is 19.6 Å². The summed E-state index contributed by atoms with van der Waals surface area (Å²) in [5.74, 6) is 0. The van der Waals surface area contributed by atoms with Crippen LogP contribution in [0.4, 0.5) is 0 Å². The molecule has 94 valence electrons. The number of nitrogens with one attached hydrogen (secondary N) is 2. The van der Waals surface area contributed by atoms with Crippen LogP contribution in [0.3, 0.4) is 0 Å². The first-order chi connectivity index (χ1) is 8.25. The summed E-state index contributed by atoms with van der Waals surface area (Å²) in [5, 5.41) is 6.83. The zero-order chi connectivity index (χ0) is 12.5. The van der Waals surface area contributed by atoms with Gasteiger partial charge in [-0.05, 0) is 31.0 Å². The molecule has 1 rings (SSSR count). The molecule has 0 radical (unpaired) electrons. The van der Waals surface area contributed by atoms with Crippen molar-refractivity contribution >= 4 is 5.57 Å². The average Bonchev–Trinajstić information content (AvgIpc) is 2.34. The van der Waals surface area contributed by atoms with Gasteiger partial charge < -0.3 is 10.6 Å². The monoisotopic (exact) mass is 232 g/mol. The van der Waals surface area contributed by atoms with Crippen molar-refractivity contribution in [2.45, 2.75) is 26.8 Å². The summed E-state index contributed by atoms with van der Waals surface area (Å²) in [5.41, 5.74) is 3.73. The lowest BCUT2D eigenvalue weighted by Crippen LogP contribution is -2.27. The number of benzene rings is 1. The minimum atomic E-state index is 0.914. The summed E-state index contributed by atoms with van der Waals surface area (Å²) >= 11 is 0. The van der Waals surface area contributed by atoms with Crippen LogP contribution >= 0.6 is 0 Å². The molecule has 1 aromatic carbocycles. The molecule has 0 saturated carbocycles. The standard InChI is InChI=1S/C15H24N2/c1-4-9-16-10-11-17-12-14-7-5-6-8-15(14)13(2)3/h5-8,16-17H,2,4,9-12H2,1,3H3. The fourth-order valence-electron chi connectivity index (χ4n) is 1.79. The topological polar surface area (TPSA) is 24.1 Å². The molecule has 2 nitrogen and oxygen atoms in total. The van der Waals surface area contributed by atoms with Crippen LogP contribution in [-0.4, -0.2) is 19.6 Å². The molecule has 0 unspecified atom stereocenters. The van der Waals surface area contributed by atoms with E-state index in [0.717, 1.165) is 31.8 Å². The van der Waals surface area contributed by atoms with Crippen molar-refractivity contribution in [1.82, 2.24) is 10.6 Å². The van der Waals surface area contributed by atoms with E-state index >= 15 is 0 Å². The van der Waals surface area contributed by atoms with Crippen LogP contribution in [0.25, 0.3) is 5.57 Å². The molecule has 0 heterocycles. The Kier molecular flexibility index (Phi) is 6.60. The molecule has 0 spiro atoms. The van der Waals surface area contributed by atoms with Crippen molar-refractivity contribution in [3.8, 4) is 0 Å². The third-order valence-electron chi connectivity index (χ3n) is 2.70. The second-order valence-electron chi connectivity index (χ2n) is 4.36. The second-order valence-corrected chi connectivity index (χ2v) is 4.36. The largest absolute Gasteiger partial charge is 0.315 e. The molecule has 0 saturated heterocycles. The van der Waals surface area contributed by atoms with E-state index in [-0.39, 0.29) is 0 Å². The van der Waals surface area contributed by atoms with Crippen LogP contribution in [0.15, 0.2) is 30.8 Å². The van der Waals surface area contributed by atoms with Gasteiger partial charge in [0.1, 0.15) is 0 Å². The van der Waals surface area contributed by atoms with E-state index < -0.39 is 0 Å². The molecular weight excluding hydrogens is 208 g/mol. The summed E-state index contributed by atoms with van der Waals surface area (Å²) in [6, 6.07) is 8.44. The predicted octanol–water partition coefficient (Wildman–Crippen LogP) is 2.81. The van der Waals surface area contributed by atoms with E-state index in [0.29, 0.717) is 0 Å². The Morgan fingerprint density at radius 3 is 2.53 bits per heavy atom. The lowest BCUT2D eigenvalue weighted by Gasteiger charge is -2.10. The molecule has 17 heavy (non-hydrogen) atoms. The highest BCUT2D eigenvalue weighted by atomic mass is 14.9. The molecular formula is C15H24N2. The van der Waals surface area contributed by atoms with Crippen molar-refractivity contribution in [1.29, 1.82) is 0 Å². The molecule has 0 aliphatic rings. The summed E-state index contributed by atoms with van der Waals surface area (Å²) in [7, 11) is 0. The molecule has 0 aliphatic carbocycles. The van der Waals surface area contributed by atoms with Crippen molar-refractivity contribution in [3.05, 3.63) is 42.0 Å². The highest BCUT2D eigenvalue weighted by Gasteiger charge is 2.00. The Morgan fingerprint density at radius 1 is 1.12 bits per heavy atom. The zero-order valence-electron chi connectivity index (χ0n) is 11.1. The maximum Gasteiger partial charge on any atom is 0.0212 e.